The Hall–Kier alpha value is -2.21. The molecule has 3 aromatic rings. The molecule has 1 amide bonds. The molecule has 0 bridgehead atoms. The molecule has 5 nitrogen and oxygen atoms in total. The molecule has 0 spiro atoms. The van der Waals surface area contributed by atoms with Gasteiger partial charge in [0, 0.05) is 19.0 Å². The van der Waals surface area contributed by atoms with E-state index in [2.05, 4.69) is 16.2 Å². The van der Waals surface area contributed by atoms with Gasteiger partial charge in [-0.15, -0.1) is 11.3 Å². The van der Waals surface area contributed by atoms with E-state index in [1.54, 1.807) is 16.2 Å². The van der Waals surface area contributed by atoms with Crippen molar-refractivity contribution in [3.8, 4) is 0 Å². The summed E-state index contributed by atoms with van der Waals surface area (Å²) in [7, 11) is 1.82. The zero-order valence-corrected chi connectivity index (χ0v) is 14.3. The lowest BCUT2D eigenvalue weighted by molar-refractivity contribution is -0.130. The Kier molecular flexibility index (Phi) is 4.43. The average molecular weight is 329 g/mol. The minimum atomic E-state index is 0.101. The third-order valence-electron chi connectivity index (χ3n) is 3.91. The monoisotopic (exact) mass is 329 g/mol. The Bertz CT molecular complexity index is 785. The highest BCUT2D eigenvalue weighted by atomic mass is 32.1. The molecule has 2 heterocycles. The molecule has 3 rings (SSSR count). The third kappa shape index (κ3) is 3.42. The van der Waals surface area contributed by atoms with E-state index in [-0.39, 0.29) is 5.91 Å². The van der Waals surface area contributed by atoms with Gasteiger partial charge in [-0.3, -0.25) is 4.79 Å². The van der Waals surface area contributed by atoms with Crippen LogP contribution in [-0.2, 0) is 17.8 Å². The molecule has 2 aromatic heterocycles. The first-order chi connectivity index (χ1) is 11.0. The third-order valence-corrected chi connectivity index (χ3v) is 4.93. The number of rotatable bonds is 5. The van der Waals surface area contributed by atoms with E-state index in [1.165, 1.54) is 0 Å². The highest BCUT2D eigenvalue weighted by molar-refractivity contribution is 7.18. The van der Waals surface area contributed by atoms with E-state index in [0.717, 1.165) is 32.2 Å². The summed E-state index contributed by atoms with van der Waals surface area (Å²) in [5.74, 6) is 0.897. The van der Waals surface area contributed by atoms with Gasteiger partial charge in [-0.2, -0.15) is 0 Å². The fraction of sp³-hybridized carbons (Fsp3) is 0.353. The maximum absolute atomic E-state index is 12.3. The molecule has 0 radical (unpaired) electrons. The highest BCUT2D eigenvalue weighted by Crippen LogP contribution is 2.22. The summed E-state index contributed by atoms with van der Waals surface area (Å²) in [6.07, 6.45) is 1.11. The molecule has 0 aliphatic heterocycles. The highest BCUT2D eigenvalue weighted by Gasteiger charge is 2.15. The molecule has 120 valence electrons. The number of nitrogens with zero attached hydrogens (tertiary/aromatic N) is 3. The second-order valence-electron chi connectivity index (χ2n) is 5.63. The minimum absolute atomic E-state index is 0.101. The Labute approximate surface area is 138 Å². The van der Waals surface area contributed by atoms with E-state index in [4.69, 9.17) is 4.52 Å². The van der Waals surface area contributed by atoms with Gasteiger partial charge in [-0.05, 0) is 32.4 Å². The predicted molar refractivity (Wildman–Crippen MR) is 90.4 cm³/mol. The van der Waals surface area contributed by atoms with Gasteiger partial charge >= 0.3 is 0 Å². The fourth-order valence-corrected chi connectivity index (χ4v) is 3.58. The molecule has 0 fully saturated rings. The molecule has 0 aliphatic carbocycles. The van der Waals surface area contributed by atoms with Crippen LogP contribution in [0.2, 0.25) is 0 Å². The van der Waals surface area contributed by atoms with Gasteiger partial charge in [0.1, 0.15) is 10.8 Å². The number of benzene rings is 1. The molecule has 1 aromatic carbocycles. The zero-order chi connectivity index (χ0) is 16.4. The van der Waals surface area contributed by atoms with E-state index in [0.29, 0.717) is 19.4 Å². The minimum Gasteiger partial charge on any atom is -0.361 e. The molecular formula is C17H19N3O2S. The van der Waals surface area contributed by atoms with E-state index in [1.807, 2.05) is 39.1 Å². The lowest BCUT2D eigenvalue weighted by Gasteiger charge is -2.15. The number of para-hydroxylation sites is 1. The van der Waals surface area contributed by atoms with Crippen LogP contribution >= 0.6 is 11.3 Å². The molecule has 0 saturated carbocycles. The first-order valence-corrected chi connectivity index (χ1v) is 8.36. The zero-order valence-electron chi connectivity index (χ0n) is 13.5. The first-order valence-electron chi connectivity index (χ1n) is 7.54. The Morgan fingerprint density at radius 1 is 1.30 bits per heavy atom. The van der Waals surface area contributed by atoms with Gasteiger partial charge in [-0.1, -0.05) is 17.3 Å². The van der Waals surface area contributed by atoms with Gasteiger partial charge in [0.25, 0.3) is 0 Å². The Morgan fingerprint density at radius 2 is 2.09 bits per heavy atom. The van der Waals surface area contributed by atoms with Crippen molar-refractivity contribution in [2.75, 3.05) is 7.05 Å². The van der Waals surface area contributed by atoms with Crippen LogP contribution in [0.1, 0.15) is 28.4 Å². The van der Waals surface area contributed by atoms with E-state index >= 15 is 0 Å². The van der Waals surface area contributed by atoms with Gasteiger partial charge in [0.2, 0.25) is 5.91 Å². The molecule has 0 atom stereocenters. The maximum atomic E-state index is 12.3. The molecular weight excluding hydrogens is 310 g/mol. The maximum Gasteiger partial charge on any atom is 0.223 e. The van der Waals surface area contributed by atoms with Crippen LogP contribution in [0, 0.1) is 13.8 Å². The van der Waals surface area contributed by atoms with Crippen molar-refractivity contribution in [1.29, 1.82) is 0 Å². The van der Waals surface area contributed by atoms with Gasteiger partial charge < -0.3 is 9.42 Å². The molecule has 23 heavy (non-hydrogen) atoms. The molecule has 0 aliphatic rings. The smallest absolute Gasteiger partial charge is 0.223 e. The van der Waals surface area contributed by atoms with Gasteiger partial charge in [0.05, 0.1) is 22.5 Å². The second kappa shape index (κ2) is 6.50. The molecule has 0 saturated heterocycles. The topological polar surface area (TPSA) is 59.2 Å². The second-order valence-corrected chi connectivity index (χ2v) is 6.74. The van der Waals surface area contributed by atoms with Gasteiger partial charge in [0.15, 0.2) is 0 Å². The fourth-order valence-electron chi connectivity index (χ4n) is 2.56. The summed E-state index contributed by atoms with van der Waals surface area (Å²) in [5, 5.41) is 4.88. The number of carbonyl (C=O) groups is 1. The number of carbonyl (C=O) groups excluding carboxylic acids is 1. The van der Waals surface area contributed by atoms with E-state index in [9.17, 15) is 4.79 Å². The van der Waals surface area contributed by atoms with Crippen molar-refractivity contribution in [2.45, 2.75) is 33.2 Å². The number of fused-ring (bicyclic) bond motifs is 1. The summed E-state index contributed by atoms with van der Waals surface area (Å²) >= 11 is 1.63. The summed E-state index contributed by atoms with van der Waals surface area (Å²) in [4.78, 5) is 18.6. The molecule has 0 unspecified atom stereocenters. The summed E-state index contributed by atoms with van der Waals surface area (Å²) < 4.78 is 6.29. The van der Waals surface area contributed by atoms with Crippen LogP contribution in [0.25, 0.3) is 10.2 Å². The van der Waals surface area contributed by atoms with Crippen molar-refractivity contribution >= 4 is 27.5 Å². The number of aryl methyl sites for hydroxylation is 2. The summed E-state index contributed by atoms with van der Waals surface area (Å²) in [6.45, 7) is 4.32. The van der Waals surface area contributed by atoms with Crippen molar-refractivity contribution < 1.29 is 9.32 Å². The summed E-state index contributed by atoms with van der Waals surface area (Å²) in [6, 6.07) is 8.03. The number of hydrogen-bond donors (Lipinski definition) is 0. The van der Waals surface area contributed by atoms with Crippen molar-refractivity contribution in [2.24, 2.45) is 0 Å². The van der Waals surface area contributed by atoms with Crippen molar-refractivity contribution in [1.82, 2.24) is 15.0 Å². The summed E-state index contributed by atoms with van der Waals surface area (Å²) in [5.41, 5.74) is 2.89. The number of aromatic nitrogens is 2. The van der Waals surface area contributed by atoms with Crippen LogP contribution in [0.5, 0.6) is 0 Å². The van der Waals surface area contributed by atoms with Crippen LogP contribution in [-0.4, -0.2) is 28.0 Å². The van der Waals surface area contributed by atoms with Crippen molar-refractivity contribution in [3.63, 3.8) is 0 Å². The largest absolute Gasteiger partial charge is 0.361 e. The van der Waals surface area contributed by atoms with Crippen LogP contribution in [0.4, 0.5) is 0 Å². The standard InChI is InChI=1S/C17H19N3O2S/c1-11-13(12(2)22-19-11)8-9-17(21)20(3)10-16-18-14-6-4-5-7-15(14)23-16/h4-7H,8-10H2,1-3H3. The Balaban J connectivity index is 1.61. The first kappa shape index (κ1) is 15.7. The molecule has 0 N–H and O–H groups in total. The Morgan fingerprint density at radius 3 is 2.78 bits per heavy atom. The predicted octanol–water partition coefficient (Wildman–Crippen LogP) is 3.49. The number of thiazole rings is 1. The normalized spacial score (nSPS) is 11.1. The van der Waals surface area contributed by atoms with Crippen LogP contribution < -0.4 is 0 Å². The quantitative estimate of drug-likeness (QED) is 0.719. The number of amides is 1. The van der Waals surface area contributed by atoms with Crippen LogP contribution in [0.3, 0.4) is 0 Å². The SMILES string of the molecule is Cc1noc(C)c1CCC(=O)N(C)Cc1nc2ccccc2s1. The number of hydrogen-bond acceptors (Lipinski definition) is 5. The van der Waals surface area contributed by atoms with E-state index < -0.39 is 0 Å². The van der Waals surface area contributed by atoms with Crippen LogP contribution in [0.15, 0.2) is 28.8 Å². The lowest BCUT2D eigenvalue weighted by Crippen LogP contribution is -2.26. The lowest BCUT2D eigenvalue weighted by atomic mass is 10.1. The van der Waals surface area contributed by atoms with Crippen molar-refractivity contribution in [3.05, 3.63) is 46.3 Å². The van der Waals surface area contributed by atoms with Gasteiger partial charge in [-0.25, -0.2) is 4.98 Å². The molecule has 6 heteroatoms. The average Bonchev–Trinajstić information content (AvgIpc) is 3.08.